The van der Waals surface area contributed by atoms with Crippen LogP contribution in [0.25, 0.3) is 72.9 Å². The first-order valence-corrected chi connectivity index (χ1v) is 14.8. The summed E-state index contributed by atoms with van der Waals surface area (Å²) in [5.74, 6) is 2.85. The molecule has 3 heterocycles. The molecule has 1 atom stereocenters. The van der Waals surface area contributed by atoms with Crippen LogP contribution < -0.4 is 0 Å². The van der Waals surface area contributed by atoms with Gasteiger partial charge in [0, 0.05) is 38.8 Å². The van der Waals surface area contributed by atoms with Crippen molar-refractivity contribution in [3.8, 4) is 33.9 Å². The van der Waals surface area contributed by atoms with E-state index in [2.05, 4.69) is 66.7 Å². The Labute approximate surface area is 253 Å². The van der Waals surface area contributed by atoms with Gasteiger partial charge in [0.1, 0.15) is 28.3 Å². The summed E-state index contributed by atoms with van der Waals surface area (Å²) in [5, 5.41) is 3.17. The molecule has 0 saturated carbocycles. The molecule has 5 nitrogen and oxygen atoms in total. The summed E-state index contributed by atoms with van der Waals surface area (Å²) in [6, 6.07) is 41.1. The fourth-order valence-corrected chi connectivity index (χ4v) is 6.43. The third kappa shape index (κ3) is 3.97. The summed E-state index contributed by atoms with van der Waals surface area (Å²) in [7, 11) is 0. The van der Waals surface area contributed by atoms with Crippen molar-refractivity contribution < 1.29 is 8.83 Å². The van der Waals surface area contributed by atoms with Crippen LogP contribution in [0, 0.1) is 0 Å². The van der Waals surface area contributed by atoms with Gasteiger partial charge in [-0.3, -0.25) is 0 Å². The van der Waals surface area contributed by atoms with E-state index in [-0.39, 0.29) is 5.92 Å². The van der Waals surface area contributed by atoms with Crippen molar-refractivity contribution in [2.75, 3.05) is 0 Å². The Balaban J connectivity index is 1.31. The van der Waals surface area contributed by atoms with Crippen LogP contribution in [-0.4, -0.2) is 15.0 Å². The number of para-hydroxylation sites is 2. The van der Waals surface area contributed by atoms with E-state index in [1.807, 2.05) is 66.7 Å². The van der Waals surface area contributed by atoms with Crippen LogP contribution in [-0.2, 0) is 6.42 Å². The fourth-order valence-electron chi connectivity index (χ4n) is 6.43. The lowest BCUT2D eigenvalue weighted by Gasteiger charge is -2.18. The minimum absolute atomic E-state index is 0.0480. The summed E-state index contributed by atoms with van der Waals surface area (Å²) in [6.45, 7) is 0. The predicted molar refractivity (Wildman–Crippen MR) is 175 cm³/mol. The van der Waals surface area contributed by atoms with E-state index in [1.54, 1.807) is 0 Å². The molecular formula is C39H25N3O2. The maximum atomic E-state index is 6.35. The van der Waals surface area contributed by atoms with Crippen molar-refractivity contribution >= 4 is 39.0 Å². The van der Waals surface area contributed by atoms with Gasteiger partial charge in [-0.25, -0.2) is 15.0 Å². The molecule has 0 fully saturated rings. The van der Waals surface area contributed by atoms with E-state index in [1.165, 1.54) is 5.56 Å². The van der Waals surface area contributed by atoms with Crippen LogP contribution in [0.5, 0.6) is 0 Å². The molecule has 9 rings (SSSR count). The topological polar surface area (TPSA) is 65.0 Å². The van der Waals surface area contributed by atoms with Crippen molar-refractivity contribution in [2.24, 2.45) is 0 Å². The Morgan fingerprint density at radius 3 is 2.00 bits per heavy atom. The SMILES string of the molecule is C1=CC(c2nc(-c3ccccc3)nc(-c3c(-c4ccccc4)ccc4oc5ccccc5c34)n2)Cc2c1oc1ccccc21. The molecule has 0 amide bonds. The number of benzene rings is 5. The zero-order valence-electron chi connectivity index (χ0n) is 23.6. The average molecular weight is 568 g/mol. The van der Waals surface area contributed by atoms with Gasteiger partial charge in [0.15, 0.2) is 11.6 Å². The van der Waals surface area contributed by atoms with Gasteiger partial charge in [0.2, 0.25) is 0 Å². The highest BCUT2D eigenvalue weighted by molar-refractivity contribution is 6.15. The standard InChI is InChI=1S/C39H25N3O2/c1-3-11-24(12-4-1)27-20-22-34-35(29-16-8-10-18-32(29)44-34)36(27)39-41-37(25-13-5-2-6-14-25)40-38(42-39)26-19-21-33-30(23-26)28-15-7-9-17-31(28)43-33/h1-22,26H,23H2. The van der Waals surface area contributed by atoms with Gasteiger partial charge in [-0.2, -0.15) is 0 Å². The zero-order chi connectivity index (χ0) is 29.0. The number of nitrogens with zero attached hydrogens (tertiary/aromatic N) is 3. The number of furan rings is 2. The molecule has 1 unspecified atom stereocenters. The number of aromatic nitrogens is 3. The summed E-state index contributed by atoms with van der Waals surface area (Å²) in [5.41, 5.74) is 7.73. The summed E-state index contributed by atoms with van der Waals surface area (Å²) in [4.78, 5) is 15.5. The van der Waals surface area contributed by atoms with Crippen LogP contribution in [0.15, 0.2) is 136 Å². The van der Waals surface area contributed by atoms with Gasteiger partial charge >= 0.3 is 0 Å². The first kappa shape index (κ1) is 24.8. The first-order valence-electron chi connectivity index (χ1n) is 14.8. The Morgan fingerprint density at radius 2 is 1.20 bits per heavy atom. The molecule has 3 aromatic heterocycles. The molecule has 5 heteroatoms. The van der Waals surface area contributed by atoms with Crippen LogP contribution in [0.1, 0.15) is 23.1 Å². The van der Waals surface area contributed by atoms with E-state index in [0.29, 0.717) is 11.6 Å². The van der Waals surface area contributed by atoms with Crippen LogP contribution in [0.3, 0.4) is 0 Å². The molecule has 8 aromatic rings. The molecule has 0 aliphatic heterocycles. The minimum Gasteiger partial charge on any atom is -0.456 e. The quantitative estimate of drug-likeness (QED) is 0.212. The largest absolute Gasteiger partial charge is 0.456 e. The maximum absolute atomic E-state index is 6.35. The van der Waals surface area contributed by atoms with Crippen LogP contribution in [0.4, 0.5) is 0 Å². The summed E-state index contributed by atoms with van der Waals surface area (Å²) in [6.07, 6.45) is 4.96. The highest BCUT2D eigenvalue weighted by Gasteiger charge is 2.26. The lowest BCUT2D eigenvalue weighted by molar-refractivity contribution is 0.589. The predicted octanol–water partition coefficient (Wildman–Crippen LogP) is 9.87. The van der Waals surface area contributed by atoms with Gasteiger partial charge in [-0.15, -0.1) is 0 Å². The monoisotopic (exact) mass is 567 g/mol. The molecule has 5 aromatic carbocycles. The fraction of sp³-hybridized carbons (Fsp3) is 0.0513. The first-order chi connectivity index (χ1) is 21.8. The Kier molecular flexibility index (Phi) is 5.56. The molecule has 0 spiro atoms. The van der Waals surface area contributed by atoms with Gasteiger partial charge in [-0.1, -0.05) is 103 Å². The highest BCUT2D eigenvalue weighted by Crippen LogP contribution is 2.43. The second-order valence-electron chi connectivity index (χ2n) is 11.1. The molecule has 0 N–H and O–H groups in total. The average Bonchev–Trinajstić information content (AvgIpc) is 3.66. The van der Waals surface area contributed by atoms with Gasteiger partial charge < -0.3 is 8.83 Å². The van der Waals surface area contributed by atoms with Crippen molar-refractivity contribution in [3.05, 3.63) is 145 Å². The van der Waals surface area contributed by atoms with Crippen molar-refractivity contribution in [2.45, 2.75) is 12.3 Å². The van der Waals surface area contributed by atoms with Gasteiger partial charge in [0.05, 0.1) is 0 Å². The number of hydrogen-bond donors (Lipinski definition) is 0. The lowest BCUT2D eigenvalue weighted by atomic mass is 9.91. The van der Waals surface area contributed by atoms with Crippen molar-refractivity contribution in [1.29, 1.82) is 0 Å². The summed E-state index contributed by atoms with van der Waals surface area (Å²) < 4.78 is 12.5. The van der Waals surface area contributed by atoms with Gasteiger partial charge in [-0.05, 0) is 47.9 Å². The molecule has 1 aliphatic rings. The molecule has 44 heavy (non-hydrogen) atoms. The molecule has 1 aliphatic carbocycles. The Bertz CT molecular complexity index is 2370. The highest BCUT2D eigenvalue weighted by atomic mass is 16.3. The normalized spacial score (nSPS) is 14.4. The van der Waals surface area contributed by atoms with Crippen LogP contribution in [0.2, 0.25) is 0 Å². The summed E-state index contributed by atoms with van der Waals surface area (Å²) >= 11 is 0. The second-order valence-corrected chi connectivity index (χ2v) is 11.1. The number of rotatable bonds is 4. The number of fused-ring (bicyclic) bond motifs is 6. The van der Waals surface area contributed by atoms with Crippen molar-refractivity contribution in [3.63, 3.8) is 0 Å². The molecule has 0 bridgehead atoms. The smallest absolute Gasteiger partial charge is 0.165 e. The van der Waals surface area contributed by atoms with Gasteiger partial charge in [0.25, 0.3) is 0 Å². The number of hydrogen-bond acceptors (Lipinski definition) is 5. The Hall–Kier alpha value is -5.81. The molecular weight excluding hydrogens is 542 g/mol. The van der Waals surface area contributed by atoms with E-state index >= 15 is 0 Å². The second kappa shape index (κ2) is 9.89. The van der Waals surface area contributed by atoms with E-state index in [4.69, 9.17) is 23.8 Å². The van der Waals surface area contributed by atoms with E-state index < -0.39 is 0 Å². The number of allylic oxidation sites excluding steroid dienone is 1. The third-order valence-electron chi connectivity index (χ3n) is 8.50. The van der Waals surface area contributed by atoms with Crippen LogP contribution >= 0.6 is 0 Å². The van der Waals surface area contributed by atoms with E-state index in [0.717, 1.165) is 73.2 Å². The maximum Gasteiger partial charge on any atom is 0.165 e. The lowest BCUT2D eigenvalue weighted by Crippen LogP contribution is -2.11. The molecule has 0 saturated heterocycles. The van der Waals surface area contributed by atoms with E-state index in [9.17, 15) is 0 Å². The third-order valence-corrected chi connectivity index (χ3v) is 8.50. The Morgan fingerprint density at radius 1 is 0.545 bits per heavy atom. The van der Waals surface area contributed by atoms with Crippen molar-refractivity contribution in [1.82, 2.24) is 15.0 Å². The molecule has 0 radical (unpaired) electrons. The zero-order valence-corrected chi connectivity index (χ0v) is 23.6. The molecule has 208 valence electrons. The minimum atomic E-state index is -0.0480.